The summed E-state index contributed by atoms with van der Waals surface area (Å²) in [6.45, 7) is 2.70. The van der Waals surface area contributed by atoms with Crippen molar-refractivity contribution in [1.29, 1.82) is 5.26 Å². The average molecular weight is 455 g/mol. The van der Waals surface area contributed by atoms with Crippen molar-refractivity contribution in [2.75, 3.05) is 11.1 Å². The van der Waals surface area contributed by atoms with E-state index in [1.54, 1.807) is 34.9 Å². The number of anilines is 1. The monoisotopic (exact) mass is 454 g/mol. The Labute approximate surface area is 190 Å². The van der Waals surface area contributed by atoms with Gasteiger partial charge in [-0.2, -0.15) is 5.26 Å². The number of rotatable bonds is 9. The standard InChI is InChI=1S/C23H23ClN4O2S/c1-2-3-4-7-12-28-22(30)18-8-5-6-9-19(18)27-23(28)31-15-21(29)26-20-13-17(24)11-10-16(20)14-25/h5-6,8-11,13H,2-4,7,12,15H2,1H3,(H,26,29). The highest BCUT2D eigenvalue weighted by Gasteiger charge is 2.14. The maximum Gasteiger partial charge on any atom is 0.262 e. The van der Waals surface area contributed by atoms with Crippen LogP contribution in [0, 0.1) is 11.3 Å². The first-order valence-corrected chi connectivity index (χ1v) is 11.5. The first kappa shape index (κ1) is 22.9. The quantitative estimate of drug-likeness (QED) is 0.271. The molecular weight excluding hydrogens is 432 g/mol. The van der Waals surface area contributed by atoms with E-state index in [-0.39, 0.29) is 17.2 Å². The third-order valence-electron chi connectivity index (χ3n) is 4.77. The summed E-state index contributed by atoms with van der Waals surface area (Å²) in [7, 11) is 0. The third kappa shape index (κ3) is 5.87. The van der Waals surface area contributed by atoms with Crippen LogP contribution in [0.3, 0.4) is 0 Å². The van der Waals surface area contributed by atoms with Crippen molar-refractivity contribution in [2.24, 2.45) is 0 Å². The number of carbonyl (C=O) groups is 1. The van der Waals surface area contributed by atoms with Crippen LogP contribution in [0.1, 0.15) is 38.2 Å². The molecular formula is C23H23ClN4O2S. The molecule has 0 saturated heterocycles. The SMILES string of the molecule is CCCCCCn1c(SCC(=O)Nc2cc(Cl)ccc2C#N)nc2ccccc2c1=O. The maximum atomic E-state index is 13.0. The number of nitrogens with zero attached hydrogens (tertiary/aromatic N) is 3. The van der Waals surface area contributed by atoms with Crippen LogP contribution in [0.25, 0.3) is 10.9 Å². The Hall–Kier alpha value is -2.82. The molecule has 1 N–H and O–H groups in total. The lowest BCUT2D eigenvalue weighted by Gasteiger charge is -2.13. The zero-order valence-corrected chi connectivity index (χ0v) is 18.8. The third-order valence-corrected chi connectivity index (χ3v) is 5.98. The lowest BCUT2D eigenvalue weighted by molar-refractivity contribution is -0.113. The first-order chi connectivity index (χ1) is 15.0. The predicted molar refractivity (Wildman–Crippen MR) is 126 cm³/mol. The normalized spacial score (nSPS) is 10.7. The van der Waals surface area contributed by atoms with Crippen molar-refractivity contribution in [3.05, 3.63) is 63.4 Å². The zero-order chi connectivity index (χ0) is 22.2. The number of para-hydroxylation sites is 1. The summed E-state index contributed by atoms with van der Waals surface area (Å²) in [5, 5.41) is 13.5. The van der Waals surface area contributed by atoms with Gasteiger partial charge in [-0.15, -0.1) is 0 Å². The molecule has 0 atom stereocenters. The van der Waals surface area contributed by atoms with Gasteiger partial charge in [-0.1, -0.05) is 61.7 Å². The summed E-state index contributed by atoms with van der Waals surface area (Å²) in [4.78, 5) is 30.2. The molecule has 6 nitrogen and oxygen atoms in total. The van der Waals surface area contributed by atoms with Crippen LogP contribution >= 0.6 is 23.4 Å². The number of benzene rings is 2. The largest absolute Gasteiger partial charge is 0.324 e. The van der Waals surface area contributed by atoms with Gasteiger partial charge >= 0.3 is 0 Å². The summed E-state index contributed by atoms with van der Waals surface area (Å²) in [6.07, 6.45) is 4.13. The minimum atomic E-state index is -0.302. The highest BCUT2D eigenvalue weighted by Crippen LogP contribution is 2.22. The van der Waals surface area contributed by atoms with Crippen LogP contribution in [0.2, 0.25) is 5.02 Å². The van der Waals surface area contributed by atoms with Crippen molar-refractivity contribution in [3.8, 4) is 6.07 Å². The number of thioether (sulfide) groups is 1. The fraction of sp³-hybridized carbons (Fsp3) is 0.304. The van der Waals surface area contributed by atoms with Gasteiger partial charge in [0.05, 0.1) is 27.9 Å². The second-order valence-corrected chi connectivity index (χ2v) is 8.45. The molecule has 0 bridgehead atoms. The molecule has 1 aromatic heterocycles. The number of hydrogen-bond donors (Lipinski definition) is 1. The van der Waals surface area contributed by atoms with Gasteiger partial charge in [-0.05, 0) is 36.8 Å². The van der Waals surface area contributed by atoms with E-state index in [2.05, 4.69) is 17.2 Å². The Bertz CT molecular complexity index is 1190. The lowest BCUT2D eigenvalue weighted by atomic mass is 10.2. The van der Waals surface area contributed by atoms with E-state index >= 15 is 0 Å². The number of unbranched alkanes of at least 4 members (excludes halogenated alkanes) is 3. The van der Waals surface area contributed by atoms with Crippen LogP contribution in [-0.2, 0) is 11.3 Å². The van der Waals surface area contributed by atoms with E-state index in [1.807, 2.05) is 18.2 Å². The molecule has 160 valence electrons. The predicted octanol–water partition coefficient (Wildman–Crippen LogP) is 5.23. The van der Waals surface area contributed by atoms with Crippen molar-refractivity contribution < 1.29 is 4.79 Å². The van der Waals surface area contributed by atoms with Gasteiger partial charge in [-0.3, -0.25) is 14.2 Å². The average Bonchev–Trinajstić information content (AvgIpc) is 2.77. The zero-order valence-electron chi connectivity index (χ0n) is 17.2. The molecule has 0 aliphatic rings. The van der Waals surface area contributed by atoms with Crippen molar-refractivity contribution >= 4 is 45.9 Å². The molecule has 0 fully saturated rings. The number of halogens is 1. The molecule has 8 heteroatoms. The molecule has 31 heavy (non-hydrogen) atoms. The number of fused-ring (bicyclic) bond motifs is 1. The second kappa shape index (κ2) is 11.0. The first-order valence-electron chi connectivity index (χ1n) is 10.2. The van der Waals surface area contributed by atoms with E-state index in [1.165, 1.54) is 11.8 Å². The van der Waals surface area contributed by atoms with Crippen molar-refractivity contribution in [1.82, 2.24) is 9.55 Å². The molecule has 3 rings (SSSR count). The number of hydrogen-bond acceptors (Lipinski definition) is 5. The summed E-state index contributed by atoms with van der Waals surface area (Å²) in [5.41, 5.74) is 1.22. The summed E-state index contributed by atoms with van der Waals surface area (Å²) in [6, 6.07) is 14.0. The van der Waals surface area contributed by atoms with Crippen LogP contribution in [0.15, 0.2) is 52.4 Å². The minimum Gasteiger partial charge on any atom is -0.324 e. The Morgan fingerprint density at radius 1 is 1.23 bits per heavy atom. The molecule has 0 saturated carbocycles. The minimum absolute atomic E-state index is 0.0527. The van der Waals surface area contributed by atoms with Gasteiger partial charge in [-0.25, -0.2) is 4.98 Å². The maximum absolute atomic E-state index is 13.0. The number of nitriles is 1. The van der Waals surface area contributed by atoms with Crippen LogP contribution in [0.5, 0.6) is 0 Å². The van der Waals surface area contributed by atoms with Crippen LogP contribution in [0.4, 0.5) is 5.69 Å². The molecule has 3 aromatic rings. The van der Waals surface area contributed by atoms with Crippen molar-refractivity contribution in [2.45, 2.75) is 44.3 Å². The molecule has 0 aliphatic heterocycles. The lowest BCUT2D eigenvalue weighted by Crippen LogP contribution is -2.24. The van der Waals surface area contributed by atoms with Gasteiger partial charge in [0.2, 0.25) is 5.91 Å². The Kier molecular flexibility index (Phi) is 8.10. The van der Waals surface area contributed by atoms with Gasteiger partial charge in [0.1, 0.15) is 6.07 Å². The van der Waals surface area contributed by atoms with Crippen LogP contribution < -0.4 is 10.9 Å². The topological polar surface area (TPSA) is 87.8 Å². The molecule has 1 heterocycles. The summed E-state index contributed by atoms with van der Waals surface area (Å²) in [5.74, 6) is -0.249. The molecule has 0 aliphatic carbocycles. The summed E-state index contributed by atoms with van der Waals surface area (Å²) >= 11 is 7.19. The van der Waals surface area contributed by atoms with E-state index in [0.29, 0.717) is 38.9 Å². The Morgan fingerprint density at radius 3 is 2.81 bits per heavy atom. The van der Waals surface area contributed by atoms with Gasteiger partial charge in [0, 0.05) is 11.6 Å². The Balaban J connectivity index is 1.80. The molecule has 0 radical (unpaired) electrons. The van der Waals surface area contributed by atoms with Crippen LogP contribution in [-0.4, -0.2) is 21.2 Å². The van der Waals surface area contributed by atoms with Crippen molar-refractivity contribution in [3.63, 3.8) is 0 Å². The summed E-state index contributed by atoms with van der Waals surface area (Å²) < 4.78 is 1.66. The second-order valence-electron chi connectivity index (χ2n) is 7.07. The molecule has 0 spiro atoms. The fourth-order valence-corrected chi connectivity index (χ4v) is 4.18. The highest BCUT2D eigenvalue weighted by molar-refractivity contribution is 7.99. The van der Waals surface area contributed by atoms with E-state index < -0.39 is 0 Å². The van der Waals surface area contributed by atoms with E-state index in [9.17, 15) is 14.9 Å². The van der Waals surface area contributed by atoms with Gasteiger partial charge in [0.15, 0.2) is 5.16 Å². The van der Waals surface area contributed by atoms with Gasteiger partial charge in [0.25, 0.3) is 5.56 Å². The molecule has 2 aromatic carbocycles. The Morgan fingerprint density at radius 2 is 2.03 bits per heavy atom. The number of aromatic nitrogens is 2. The van der Waals surface area contributed by atoms with E-state index in [0.717, 1.165) is 25.7 Å². The highest BCUT2D eigenvalue weighted by atomic mass is 35.5. The molecule has 1 amide bonds. The number of amides is 1. The number of nitrogens with one attached hydrogen (secondary N) is 1. The van der Waals surface area contributed by atoms with E-state index in [4.69, 9.17) is 11.6 Å². The number of carbonyl (C=O) groups excluding carboxylic acids is 1. The van der Waals surface area contributed by atoms with Gasteiger partial charge < -0.3 is 5.32 Å². The molecule has 0 unspecified atom stereocenters. The fourth-order valence-electron chi connectivity index (χ4n) is 3.19. The smallest absolute Gasteiger partial charge is 0.262 e.